The zero-order chi connectivity index (χ0) is 14.5. The smallest absolute Gasteiger partial charge is 0.387 e. The van der Waals surface area contributed by atoms with Gasteiger partial charge < -0.3 is 19.7 Å². The summed E-state index contributed by atoms with van der Waals surface area (Å²) in [6.45, 7) is 0.489. The maximum atomic E-state index is 12.1. The van der Waals surface area contributed by atoms with E-state index in [2.05, 4.69) is 10.1 Å². The number of carbonyl (C=O) groups excluding carboxylic acids is 1. The number of halogens is 2. The van der Waals surface area contributed by atoms with E-state index in [4.69, 9.17) is 4.74 Å². The first-order chi connectivity index (χ1) is 9.54. The lowest BCUT2D eigenvalue weighted by molar-refractivity contribution is -0.0498. The molecule has 0 aromatic heterocycles. The molecule has 110 valence electrons. The number of hydrogen-bond acceptors (Lipinski definition) is 3. The van der Waals surface area contributed by atoms with Gasteiger partial charge in [0.1, 0.15) is 5.75 Å². The molecule has 1 atom stereocenters. The number of morpholine rings is 1. The van der Waals surface area contributed by atoms with Crippen LogP contribution < -0.4 is 10.1 Å². The van der Waals surface area contributed by atoms with Crippen LogP contribution in [0.2, 0.25) is 0 Å². The van der Waals surface area contributed by atoms with Gasteiger partial charge in [0.2, 0.25) is 0 Å². The van der Waals surface area contributed by atoms with Crippen LogP contribution in [0.3, 0.4) is 0 Å². The van der Waals surface area contributed by atoms with Crippen LogP contribution in [-0.2, 0) is 4.74 Å². The van der Waals surface area contributed by atoms with Crippen LogP contribution in [0.5, 0.6) is 5.75 Å². The van der Waals surface area contributed by atoms with Crippen molar-refractivity contribution in [2.24, 2.45) is 0 Å². The van der Waals surface area contributed by atoms with Crippen molar-refractivity contribution in [2.45, 2.75) is 19.6 Å². The van der Waals surface area contributed by atoms with Crippen LogP contribution in [-0.4, -0.2) is 43.3 Å². The minimum absolute atomic E-state index is 0.00754. The molecule has 1 aliphatic heterocycles. The Morgan fingerprint density at radius 2 is 2.35 bits per heavy atom. The molecule has 1 aromatic rings. The Morgan fingerprint density at radius 1 is 1.55 bits per heavy atom. The van der Waals surface area contributed by atoms with Crippen molar-refractivity contribution in [2.75, 3.05) is 25.0 Å². The molecule has 1 N–H and O–H groups in total. The van der Waals surface area contributed by atoms with E-state index in [0.29, 0.717) is 25.4 Å². The average molecular weight is 286 g/mol. The normalized spacial score (nSPS) is 19.0. The Hall–Kier alpha value is -1.89. The zero-order valence-corrected chi connectivity index (χ0v) is 11.0. The van der Waals surface area contributed by atoms with Gasteiger partial charge in [0.15, 0.2) is 0 Å². The van der Waals surface area contributed by atoms with Gasteiger partial charge in [0.25, 0.3) is 0 Å². The van der Waals surface area contributed by atoms with Crippen LogP contribution in [0.1, 0.15) is 6.92 Å². The molecule has 1 saturated heterocycles. The molecular formula is C13H16F2N2O3. The van der Waals surface area contributed by atoms with E-state index < -0.39 is 6.61 Å². The maximum Gasteiger partial charge on any atom is 0.387 e. The van der Waals surface area contributed by atoms with Crippen molar-refractivity contribution in [3.8, 4) is 5.75 Å². The van der Waals surface area contributed by atoms with Gasteiger partial charge in [-0.15, -0.1) is 0 Å². The van der Waals surface area contributed by atoms with Crippen LogP contribution in [0, 0.1) is 0 Å². The van der Waals surface area contributed by atoms with Crippen molar-refractivity contribution >= 4 is 11.7 Å². The second kappa shape index (κ2) is 6.51. The zero-order valence-electron chi connectivity index (χ0n) is 11.0. The number of nitrogens with zero attached hydrogens (tertiary/aromatic N) is 1. The lowest BCUT2D eigenvalue weighted by Gasteiger charge is -2.31. The van der Waals surface area contributed by atoms with Gasteiger partial charge in [-0.1, -0.05) is 6.07 Å². The van der Waals surface area contributed by atoms with Crippen LogP contribution in [0.25, 0.3) is 0 Å². The van der Waals surface area contributed by atoms with E-state index >= 15 is 0 Å². The van der Waals surface area contributed by atoms with Crippen molar-refractivity contribution in [1.82, 2.24) is 4.90 Å². The van der Waals surface area contributed by atoms with E-state index in [1.165, 1.54) is 18.2 Å². The number of ether oxygens (including phenoxy) is 2. The second-order valence-electron chi connectivity index (χ2n) is 4.46. The first-order valence-corrected chi connectivity index (χ1v) is 6.27. The Bertz CT molecular complexity index is 471. The molecule has 0 radical (unpaired) electrons. The lowest BCUT2D eigenvalue weighted by Crippen LogP contribution is -2.46. The topological polar surface area (TPSA) is 50.8 Å². The molecule has 5 nitrogen and oxygen atoms in total. The van der Waals surface area contributed by atoms with Gasteiger partial charge >= 0.3 is 12.6 Å². The minimum atomic E-state index is -2.89. The first kappa shape index (κ1) is 14.5. The number of rotatable bonds is 3. The number of hydrogen-bond donors (Lipinski definition) is 1. The number of alkyl halides is 2. The number of carbonyl (C=O) groups is 1. The summed E-state index contributed by atoms with van der Waals surface area (Å²) in [6.07, 6.45) is -0.0111. The quantitative estimate of drug-likeness (QED) is 0.929. The molecule has 0 aliphatic carbocycles. The molecule has 0 saturated carbocycles. The predicted octanol–water partition coefficient (Wildman–Crippen LogP) is 2.54. The monoisotopic (exact) mass is 286 g/mol. The molecule has 0 spiro atoms. The van der Waals surface area contributed by atoms with Crippen molar-refractivity contribution in [3.05, 3.63) is 24.3 Å². The summed E-state index contributed by atoms with van der Waals surface area (Å²) in [6, 6.07) is 5.62. The second-order valence-corrected chi connectivity index (χ2v) is 4.46. The summed E-state index contributed by atoms with van der Waals surface area (Å²) >= 11 is 0. The molecule has 20 heavy (non-hydrogen) atoms. The van der Waals surface area contributed by atoms with E-state index in [0.717, 1.165) is 0 Å². The summed E-state index contributed by atoms with van der Waals surface area (Å²) in [5.41, 5.74) is 0.410. The third kappa shape index (κ3) is 4.06. The van der Waals surface area contributed by atoms with Crippen LogP contribution in [0.4, 0.5) is 19.3 Å². The number of nitrogens with one attached hydrogen (secondary N) is 1. The third-order valence-corrected chi connectivity index (χ3v) is 2.84. The summed E-state index contributed by atoms with van der Waals surface area (Å²) < 4.78 is 33.9. The van der Waals surface area contributed by atoms with E-state index in [1.807, 2.05) is 6.92 Å². The van der Waals surface area contributed by atoms with Gasteiger partial charge in [-0.25, -0.2) is 4.79 Å². The molecule has 1 aromatic carbocycles. The third-order valence-electron chi connectivity index (χ3n) is 2.84. The Balaban J connectivity index is 1.96. The highest BCUT2D eigenvalue weighted by Gasteiger charge is 2.21. The van der Waals surface area contributed by atoms with Gasteiger partial charge in [0.05, 0.1) is 12.7 Å². The predicted molar refractivity (Wildman–Crippen MR) is 69.1 cm³/mol. The highest BCUT2D eigenvalue weighted by atomic mass is 19.3. The number of anilines is 1. The van der Waals surface area contributed by atoms with Crippen LogP contribution in [0.15, 0.2) is 24.3 Å². The highest BCUT2D eigenvalue weighted by molar-refractivity contribution is 5.89. The molecule has 1 aliphatic rings. The molecular weight excluding hydrogens is 270 g/mol. The van der Waals surface area contributed by atoms with Crippen LogP contribution >= 0.6 is 0 Å². The molecule has 2 rings (SSSR count). The van der Waals surface area contributed by atoms with Gasteiger partial charge in [-0.05, 0) is 19.1 Å². The van der Waals surface area contributed by atoms with E-state index in [9.17, 15) is 13.6 Å². The molecule has 1 heterocycles. The fraction of sp³-hybridized carbons (Fsp3) is 0.462. The fourth-order valence-corrected chi connectivity index (χ4v) is 1.96. The first-order valence-electron chi connectivity index (χ1n) is 6.27. The molecule has 2 amide bonds. The molecule has 0 bridgehead atoms. The number of urea groups is 1. The Kier molecular flexibility index (Phi) is 4.73. The fourth-order valence-electron chi connectivity index (χ4n) is 1.96. The summed E-state index contributed by atoms with van der Waals surface area (Å²) in [7, 11) is 0. The Morgan fingerprint density at radius 3 is 3.05 bits per heavy atom. The van der Waals surface area contributed by atoms with E-state index in [1.54, 1.807) is 11.0 Å². The van der Waals surface area contributed by atoms with Gasteiger partial charge in [-0.3, -0.25) is 0 Å². The highest BCUT2D eigenvalue weighted by Crippen LogP contribution is 2.20. The maximum absolute atomic E-state index is 12.1. The summed E-state index contributed by atoms with van der Waals surface area (Å²) in [4.78, 5) is 13.6. The largest absolute Gasteiger partial charge is 0.435 e. The van der Waals surface area contributed by atoms with Gasteiger partial charge in [0, 0.05) is 24.8 Å². The summed E-state index contributed by atoms with van der Waals surface area (Å²) in [5, 5.41) is 2.65. The molecule has 1 fully saturated rings. The minimum Gasteiger partial charge on any atom is -0.435 e. The van der Waals surface area contributed by atoms with Gasteiger partial charge in [-0.2, -0.15) is 8.78 Å². The molecule has 7 heteroatoms. The van der Waals surface area contributed by atoms with E-state index in [-0.39, 0.29) is 17.9 Å². The number of benzene rings is 1. The molecule has 0 unspecified atom stereocenters. The standard InChI is InChI=1S/C13H16F2N2O3/c1-9-8-17(5-6-19-9)13(18)16-10-3-2-4-11(7-10)20-12(14)15/h2-4,7,9,12H,5-6,8H2,1H3,(H,16,18)/t9-/m1/s1. The Labute approximate surface area is 115 Å². The SMILES string of the molecule is C[C@@H]1CN(C(=O)Nc2cccc(OC(F)F)c2)CCO1. The summed E-state index contributed by atoms with van der Waals surface area (Å²) in [5.74, 6) is 0.00754. The average Bonchev–Trinajstić information content (AvgIpc) is 2.38. The number of amides is 2. The lowest BCUT2D eigenvalue weighted by atomic mass is 10.3. The van der Waals surface area contributed by atoms with Crippen molar-refractivity contribution < 1.29 is 23.0 Å². The van der Waals surface area contributed by atoms with Crippen molar-refractivity contribution in [3.63, 3.8) is 0 Å². The van der Waals surface area contributed by atoms with Crippen molar-refractivity contribution in [1.29, 1.82) is 0 Å².